The number of carbonyl (C=O) groups excluding carboxylic acids is 1. The molecule has 5 nitrogen and oxygen atoms in total. The minimum absolute atomic E-state index is 0.0457. The number of esters is 1. The molecular weight excluding hydrogens is 403 g/mol. The predicted molar refractivity (Wildman–Crippen MR) is 89.3 cm³/mol. The summed E-state index contributed by atoms with van der Waals surface area (Å²) < 4.78 is 48.4. The lowest BCUT2D eigenvalue weighted by atomic mass is 10.1. The van der Waals surface area contributed by atoms with Crippen LogP contribution in [0.1, 0.15) is 15.9 Å². The van der Waals surface area contributed by atoms with E-state index in [1.807, 2.05) is 0 Å². The van der Waals surface area contributed by atoms with Gasteiger partial charge in [-0.25, -0.2) is 17.6 Å². The number of carbonyl (C=O) groups is 1. The molecule has 24 heavy (non-hydrogen) atoms. The maximum atomic E-state index is 13.2. The Morgan fingerprint density at radius 2 is 1.92 bits per heavy atom. The van der Waals surface area contributed by atoms with Gasteiger partial charge in [-0.3, -0.25) is 0 Å². The zero-order valence-corrected chi connectivity index (χ0v) is 15.3. The SMILES string of the molecule is COC(=O)c1c(CS(=O)(=O)c2ccc(F)cc2Br)cccc1OC. The molecule has 0 N–H and O–H groups in total. The van der Waals surface area contributed by atoms with Crippen LogP contribution >= 0.6 is 15.9 Å². The van der Waals surface area contributed by atoms with Crippen molar-refractivity contribution in [3.8, 4) is 5.75 Å². The lowest BCUT2D eigenvalue weighted by Crippen LogP contribution is -2.13. The molecule has 0 saturated heterocycles. The molecule has 0 aliphatic rings. The number of sulfone groups is 1. The van der Waals surface area contributed by atoms with Gasteiger partial charge in [0.1, 0.15) is 17.1 Å². The van der Waals surface area contributed by atoms with Gasteiger partial charge in [-0.15, -0.1) is 0 Å². The average Bonchev–Trinajstić information content (AvgIpc) is 2.53. The van der Waals surface area contributed by atoms with Gasteiger partial charge in [0.05, 0.1) is 24.9 Å². The molecule has 0 amide bonds. The molecule has 0 bridgehead atoms. The van der Waals surface area contributed by atoms with E-state index in [4.69, 9.17) is 9.47 Å². The van der Waals surface area contributed by atoms with Crippen molar-refractivity contribution in [3.63, 3.8) is 0 Å². The molecule has 2 aromatic carbocycles. The van der Waals surface area contributed by atoms with Crippen molar-refractivity contribution in [2.75, 3.05) is 14.2 Å². The molecule has 128 valence electrons. The highest BCUT2D eigenvalue weighted by atomic mass is 79.9. The third-order valence-corrected chi connectivity index (χ3v) is 5.93. The standard InChI is InChI=1S/C16H14BrFO5S/c1-22-13-5-3-4-10(15(13)16(19)23-2)9-24(20,21)14-7-6-11(18)8-12(14)17/h3-8H,9H2,1-2H3. The summed E-state index contributed by atoms with van der Waals surface area (Å²) in [5.41, 5.74) is 0.279. The summed E-state index contributed by atoms with van der Waals surface area (Å²) in [5, 5.41) is 0. The molecule has 0 aliphatic heterocycles. The molecular formula is C16H14BrFO5S. The van der Waals surface area contributed by atoms with Gasteiger partial charge in [-0.1, -0.05) is 12.1 Å². The highest BCUT2D eigenvalue weighted by Crippen LogP contribution is 2.29. The third-order valence-electron chi connectivity index (χ3n) is 3.30. The largest absolute Gasteiger partial charge is 0.496 e. The number of hydrogen-bond donors (Lipinski definition) is 0. The molecule has 0 atom stereocenters. The van der Waals surface area contributed by atoms with Crippen molar-refractivity contribution < 1.29 is 27.1 Å². The quantitative estimate of drug-likeness (QED) is 0.551. The Labute approximate surface area is 147 Å². The van der Waals surface area contributed by atoms with Gasteiger partial charge in [-0.2, -0.15) is 0 Å². The topological polar surface area (TPSA) is 69.7 Å². The van der Waals surface area contributed by atoms with Gasteiger partial charge in [-0.05, 0) is 45.8 Å². The van der Waals surface area contributed by atoms with E-state index in [1.54, 1.807) is 6.07 Å². The lowest BCUT2D eigenvalue weighted by Gasteiger charge is -2.13. The number of hydrogen-bond acceptors (Lipinski definition) is 5. The van der Waals surface area contributed by atoms with Crippen LogP contribution in [-0.2, 0) is 20.3 Å². The number of rotatable bonds is 5. The molecule has 0 fully saturated rings. The maximum Gasteiger partial charge on any atom is 0.341 e. The first kappa shape index (κ1) is 18.4. The van der Waals surface area contributed by atoms with Crippen molar-refractivity contribution in [2.24, 2.45) is 0 Å². The Morgan fingerprint density at radius 1 is 1.21 bits per heavy atom. The van der Waals surface area contributed by atoms with Gasteiger partial charge in [0.2, 0.25) is 0 Å². The number of methoxy groups -OCH3 is 2. The molecule has 0 aliphatic carbocycles. The summed E-state index contributed by atoms with van der Waals surface area (Å²) in [6, 6.07) is 7.92. The van der Waals surface area contributed by atoms with Gasteiger partial charge in [0.15, 0.2) is 9.84 Å². The van der Waals surface area contributed by atoms with Crippen molar-refractivity contribution in [1.82, 2.24) is 0 Å². The van der Waals surface area contributed by atoms with E-state index in [9.17, 15) is 17.6 Å². The highest BCUT2D eigenvalue weighted by molar-refractivity contribution is 9.10. The van der Waals surface area contributed by atoms with E-state index in [1.165, 1.54) is 32.4 Å². The number of benzene rings is 2. The minimum Gasteiger partial charge on any atom is -0.496 e. The van der Waals surface area contributed by atoms with E-state index >= 15 is 0 Å². The van der Waals surface area contributed by atoms with E-state index in [0.29, 0.717) is 0 Å². The zero-order valence-electron chi connectivity index (χ0n) is 12.9. The number of ether oxygens (including phenoxy) is 2. The smallest absolute Gasteiger partial charge is 0.341 e. The second-order valence-electron chi connectivity index (χ2n) is 4.82. The highest BCUT2D eigenvalue weighted by Gasteiger charge is 2.25. The average molecular weight is 417 g/mol. The Morgan fingerprint density at radius 3 is 2.50 bits per heavy atom. The molecule has 0 radical (unpaired) electrons. The van der Waals surface area contributed by atoms with Crippen LogP contribution in [0.15, 0.2) is 45.8 Å². The fraction of sp³-hybridized carbons (Fsp3) is 0.188. The Bertz CT molecular complexity index is 880. The molecule has 0 unspecified atom stereocenters. The molecule has 0 spiro atoms. The maximum absolute atomic E-state index is 13.2. The van der Waals surface area contributed by atoms with Gasteiger partial charge in [0.25, 0.3) is 0 Å². The van der Waals surface area contributed by atoms with E-state index < -0.39 is 27.4 Å². The van der Waals surface area contributed by atoms with Gasteiger partial charge < -0.3 is 9.47 Å². The summed E-state index contributed by atoms with van der Waals surface area (Å²) in [4.78, 5) is 11.9. The van der Waals surface area contributed by atoms with Crippen LogP contribution in [0.4, 0.5) is 4.39 Å². The summed E-state index contributed by atoms with van der Waals surface area (Å²) >= 11 is 3.05. The summed E-state index contributed by atoms with van der Waals surface area (Å²) in [5.74, 6) is -1.50. The van der Waals surface area contributed by atoms with Crippen molar-refractivity contribution in [1.29, 1.82) is 0 Å². The first-order chi connectivity index (χ1) is 11.3. The summed E-state index contributed by atoms with van der Waals surface area (Å²) in [6.45, 7) is 0. The van der Waals surface area contributed by atoms with E-state index in [0.717, 1.165) is 12.1 Å². The van der Waals surface area contributed by atoms with Crippen LogP contribution in [0.3, 0.4) is 0 Å². The molecule has 0 heterocycles. The molecule has 8 heteroatoms. The van der Waals surface area contributed by atoms with Crippen LogP contribution in [0.2, 0.25) is 0 Å². The second kappa shape index (κ2) is 7.31. The van der Waals surface area contributed by atoms with Crippen molar-refractivity contribution >= 4 is 31.7 Å². The van der Waals surface area contributed by atoms with Crippen LogP contribution in [-0.4, -0.2) is 28.6 Å². The Kier molecular flexibility index (Phi) is 5.61. The normalized spacial score (nSPS) is 11.2. The fourth-order valence-electron chi connectivity index (χ4n) is 2.21. The fourth-order valence-corrected chi connectivity index (χ4v) is 4.74. The van der Waals surface area contributed by atoms with Crippen LogP contribution in [0, 0.1) is 5.82 Å². The Balaban J connectivity index is 2.52. The molecule has 0 aromatic heterocycles. The van der Waals surface area contributed by atoms with E-state index in [2.05, 4.69) is 15.9 Å². The first-order valence-corrected chi connectivity index (χ1v) is 9.16. The van der Waals surface area contributed by atoms with Crippen LogP contribution < -0.4 is 4.74 Å². The summed E-state index contributed by atoms with van der Waals surface area (Å²) in [7, 11) is -1.26. The van der Waals surface area contributed by atoms with Crippen molar-refractivity contribution in [2.45, 2.75) is 10.6 Å². The monoisotopic (exact) mass is 416 g/mol. The third kappa shape index (κ3) is 3.76. The van der Waals surface area contributed by atoms with Crippen LogP contribution in [0.5, 0.6) is 5.75 Å². The Hall–Kier alpha value is -1.93. The molecule has 0 saturated carbocycles. The van der Waals surface area contributed by atoms with Gasteiger partial charge in [0, 0.05) is 4.47 Å². The predicted octanol–water partition coefficient (Wildman–Crippen LogP) is 3.36. The lowest BCUT2D eigenvalue weighted by molar-refractivity contribution is 0.0596. The first-order valence-electron chi connectivity index (χ1n) is 6.72. The number of halogens is 2. The minimum atomic E-state index is -3.83. The van der Waals surface area contributed by atoms with Crippen molar-refractivity contribution in [3.05, 3.63) is 57.8 Å². The van der Waals surface area contributed by atoms with E-state index in [-0.39, 0.29) is 26.2 Å². The summed E-state index contributed by atoms with van der Waals surface area (Å²) in [6.07, 6.45) is 0. The van der Waals surface area contributed by atoms with Crippen LogP contribution in [0.25, 0.3) is 0 Å². The second-order valence-corrected chi connectivity index (χ2v) is 7.63. The molecule has 2 rings (SSSR count). The zero-order chi connectivity index (χ0) is 17.9. The van der Waals surface area contributed by atoms with Gasteiger partial charge >= 0.3 is 5.97 Å². The molecule has 2 aromatic rings.